The van der Waals surface area contributed by atoms with Crippen molar-refractivity contribution in [3.05, 3.63) is 36.0 Å². The van der Waals surface area contributed by atoms with Gasteiger partial charge >= 0.3 is 0 Å². The first-order valence-corrected chi connectivity index (χ1v) is 5.35. The standard InChI is InChI=1S/C12H12N4O3/c1-18-9-4-2-7(13)6-10(9)19-11-5-3-8(12(14)17)15-16-11/h2-6H,13H2,1H3,(H2,14,17). The van der Waals surface area contributed by atoms with E-state index in [1.165, 1.54) is 19.2 Å². The number of amides is 1. The van der Waals surface area contributed by atoms with Crippen molar-refractivity contribution in [3.8, 4) is 17.4 Å². The molecule has 0 atom stereocenters. The van der Waals surface area contributed by atoms with Gasteiger partial charge < -0.3 is 20.9 Å². The molecule has 4 N–H and O–H groups in total. The van der Waals surface area contributed by atoms with Crippen molar-refractivity contribution in [1.82, 2.24) is 10.2 Å². The van der Waals surface area contributed by atoms with Crippen LogP contribution in [0.5, 0.6) is 17.4 Å². The summed E-state index contributed by atoms with van der Waals surface area (Å²) in [4.78, 5) is 10.9. The summed E-state index contributed by atoms with van der Waals surface area (Å²) in [5.74, 6) is 0.466. The topological polar surface area (TPSA) is 113 Å². The van der Waals surface area contributed by atoms with Crippen LogP contribution in [-0.2, 0) is 0 Å². The molecule has 0 spiro atoms. The largest absolute Gasteiger partial charge is 0.493 e. The van der Waals surface area contributed by atoms with Gasteiger partial charge in [-0.3, -0.25) is 4.79 Å². The molecule has 19 heavy (non-hydrogen) atoms. The highest BCUT2D eigenvalue weighted by Crippen LogP contribution is 2.32. The third-order valence-electron chi connectivity index (χ3n) is 2.29. The Hall–Kier alpha value is -2.83. The number of benzene rings is 1. The Morgan fingerprint density at radius 2 is 1.95 bits per heavy atom. The Bertz CT molecular complexity index is 598. The smallest absolute Gasteiger partial charge is 0.269 e. The number of hydrogen-bond acceptors (Lipinski definition) is 6. The van der Waals surface area contributed by atoms with Gasteiger partial charge in [-0.1, -0.05) is 0 Å². The summed E-state index contributed by atoms with van der Waals surface area (Å²) in [5.41, 5.74) is 11.3. The highest BCUT2D eigenvalue weighted by Gasteiger charge is 2.08. The Kier molecular flexibility index (Phi) is 3.46. The average molecular weight is 260 g/mol. The molecule has 0 bridgehead atoms. The van der Waals surface area contributed by atoms with Gasteiger partial charge in [-0.2, -0.15) is 0 Å². The van der Waals surface area contributed by atoms with Crippen LogP contribution >= 0.6 is 0 Å². The maximum Gasteiger partial charge on any atom is 0.269 e. The molecule has 98 valence electrons. The number of carbonyl (C=O) groups is 1. The molecule has 0 saturated heterocycles. The quantitative estimate of drug-likeness (QED) is 0.791. The molecule has 1 heterocycles. The number of methoxy groups -OCH3 is 1. The van der Waals surface area contributed by atoms with Crippen LogP contribution in [0.3, 0.4) is 0 Å². The number of nitrogens with zero attached hydrogens (tertiary/aromatic N) is 2. The molecule has 7 heteroatoms. The van der Waals surface area contributed by atoms with E-state index < -0.39 is 5.91 Å². The molecule has 0 radical (unpaired) electrons. The summed E-state index contributed by atoms with van der Waals surface area (Å²) in [6.07, 6.45) is 0. The van der Waals surface area contributed by atoms with E-state index in [9.17, 15) is 4.79 Å². The normalized spacial score (nSPS) is 9.95. The number of aromatic nitrogens is 2. The van der Waals surface area contributed by atoms with E-state index in [4.69, 9.17) is 20.9 Å². The van der Waals surface area contributed by atoms with Gasteiger partial charge in [0.15, 0.2) is 17.2 Å². The average Bonchev–Trinajstić information content (AvgIpc) is 2.39. The van der Waals surface area contributed by atoms with E-state index in [1.807, 2.05) is 0 Å². The molecule has 7 nitrogen and oxygen atoms in total. The van der Waals surface area contributed by atoms with Crippen LogP contribution < -0.4 is 20.9 Å². The first-order valence-electron chi connectivity index (χ1n) is 5.35. The SMILES string of the molecule is COc1ccc(N)cc1Oc1ccc(C(N)=O)nn1. The maximum atomic E-state index is 10.9. The van der Waals surface area contributed by atoms with Crippen molar-refractivity contribution in [3.63, 3.8) is 0 Å². The third kappa shape index (κ3) is 2.89. The predicted molar refractivity (Wildman–Crippen MR) is 68.0 cm³/mol. The van der Waals surface area contributed by atoms with Gasteiger partial charge in [-0.25, -0.2) is 0 Å². The molecule has 0 aliphatic rings. The molecule has 0 aliphatic carbocycles. The van der Waals surface area contributed by atoms with E-state index >= 15 is 0 Å². The number of anilines is 1. The first-order chi connectivity index (χ1) is 9.10. The van der Waals surface area contributed by atoms with Crippen molar-refractivity contribution in [2.75, 3.05) is 12.8 Å². The second-order valence-corrected chi connectivity index (χ2v) is 3.63. The zero-order valence-corrected chi connectivity index (χ0v) is 10.2. The van der Waals surface area contributed by atoms with Crippen molar-refractivity contribution in [1.29, 1.82) is 0 Å². The van der Waals surface area contributed by atoms with Crippen molar-refractivity contribution in [2.45, 2.75) is 0 Å². The highest BCUT2D eigenvalue weighted by atomic mass is 16.5. The predicted octanol–water partition coefficient (Wildman–Crippen LogP) is 0.959. The van der Waals surface area contributed by atoms with Crippen LogP contribution in [0.25, 0.3) is 0 Å². The minimum Gasteiger partial charge on any atom is -0.493 e. The summed E-state index contributed by atoms with van der Waals surface area (Å²) in [6.45, 7) is 0. The zero-order valence-electron chi connectivity index (χ0n) is 10.2. The minimum absolute atomic E-state index is 0.0619. The summed E-state index contributed by atoms with van der Waals surface area (Å²) in [5, 5.41) is 7.36. The van der Waals surface area contributed by atoms with Crippen LogP contribution in [0.1, 0.15) is 10.5 Å². The van der Waals surface area contributed by atoms with E-state index in [1.54, 1.807) is 18.2 Å². The van der Waals surface area contributed by atoms with Gasteiger partial charge in [0, 0.05) is 17.8 Å². The molecular formula is C12H12N4O3. The number of nitrogen functional groups attached to an aromatic ring is 1. The molecule has 2 rings (SSSR count). The molecule has 0 saturated carbocycles. The van der Waals surface area contributed by atoms with Gasteiger partial charge in [0.2, 0.25) is 5.88 Å². The van der Waals surface area contributed by atoms with E-state index in [-0.39, 0.29) is 11.6 Å². The monoisotopic (exact) mass is 260 g/mol. The number of hydrogen-bond donors (Lipinski definition) is 2. The van der Waals surface area contributed by atoms with Crippen LogP contribution in [0, 0.1) is 0 Å². The van der Waals surface area contributed by atoms with Gasteiger partial charge in [-0.05, 0) is 18.2 Å². The number of ether oxygens (including phenoxy) is 2. The lowest BCUT2D eigenvalue weighted by molar-refractivity contribution is 0.0994. The van der Waals surface area contributed by atoms with Crippen LogP contribution in [-0.4, -0.2) is 23.2 Å². The van der Waals surface area contributed by atoms with Gasteiger partial charge in [0.1, 0.15) is 0 Å². The minimum atomic E-state index is -0.652. The lowest BCUT2D eigenvalue weighted by Crippen LogP contribution is -2.13. The highest BCUT2D eigenvalue weighted by molar-refractivity contribution is 5.90. The summed E-state index contributed by atoms with van der Waals surface area (Å²) in [7, 11) is 1.51. The fourth-order valence-corrected chi connectivity index (χ4v) is 1.39. The third-order valence-corrected chi connectivity index (χ3v) is 2.29. The van der Waals surface area contributed by atoms with Crippen LogP contribution in [0.4, 0.5) is 5.69 Å². The Labute approximate surface area is 109 Å². The molecule has 1 aromatic heterocycles. The van der Waals surface area contributed by atoms with Crippen LogP contribution in [0.15, 0.2) is 30.3 Å². The Balaban J connectivity index is 2.25. The van der Waals surface area contributed by atoms with Gasteiger partial charge in [-0.15, -0.1) is 10.2 Å². The lowest BCUT2D eigenvalue weighted by atomic mass is 10.3. The number of primary amides is 1. The summed E-state index contributed by atoms with van der Waals surface area (Å²) in [6, 6.07) is 7.87. The fraction of sp³-hybridized carbons (Fsp3) is 0.0833. The van der Waals surface area contributed by atoms with Crippen molar-refractivity contribution < 1.29 is 14.3 Å². The molecule has 0 aliphatic heterocycles. The molecule has 1 aromatic carbocycles. The van der Waals surface area contributed by atoms with E-state index in [0.29, 0.717) is 17.2 Å². The summed E-state index contributed by atoms with van der Waals surface area (Å²) < 4.78 is 10.6. The molecule has 2 aromatic rings. The number of nitrogens with two attached hydrogens (primary N) is 2. The van der Waals surface area contributed by atoms with Gasteiger partial charge in [0.05, 0.1) is 7.11 Å². The maximum absolute atomic E-state index is 10.9. The van der Waals surface area contributed by atoms with E-state index in [0.717, 1.165) is 0 Å². The Morgan fingerprint density at radius 3 is 2.53 bits per heavy atom. The number of rotatable bonds is 4. The van der Waals surface area contributed by atoms with Crippen molar-refractivity contribution in [2.24, 2.45) is 5.73 Å². The van der Waals surface area contributed by atoms with E-state index in [2.05, 4.69) is 10.2 Å². The Morgan fingerprint density at radius 1 is 1.16 bits per heavy atom. The number of carbonyl (C=O) groups excluding carboxylic acids is 1. The zero-order chi connectivity index (χ0) is 13.8. The lowest BCUT2D eigenvalue weighted by Gasteiger charge is -2.09. The summed E-state index contributed by atoms with van der Waals surface area (Å²) >= 11 is 0. The second-order valence-electron chi connectivity index (χ2n) is 3.63. The molecular weight excluding hydrogens is 248 g/mol. The second kappa shape index (κ2) is 5.21. The first kappa shape index (κ1) is 12.6. The molecule has 1 amide bonds. The van der Waals surface area contributed by atoms with Crippen LogP contribution in [0.2, 0.25) is 0 Å². The fourth-order valence-electron chi connectivity index (χ4n) is 1.39. The molecule has 0 unspecified atom stereocenters. The van der Waals surface area contributed by atoms with Crippen molar-refractivity contribution >= 4 is 11.6 Å². The molecule has 0 fully saturated rings. The van der Waals surface area contributed by atoms with Gasteiger partial charge in [0.25, 0.3) is 5.91 Å².